The molecule has 1 aromatic heterocycles. The molecule has 0 bridgehead atoms. The number of nitrogens with two attached hydrogens (primary N) is 1. The van der Waals surface area contributed by atoms with Crippen LogP contribution in [0.5, 0.6) is 0 Å². The van der Waals surface area contributed by atoms with Crippen molar-refractivity contribution in [2.45, 2.75) is 6.54 Å². The minimum atomic E-state index is -0.337. The number of benzene rings is 1. The predicted molar refractivity (Wildman–Crippen MR) is 56.7 cm³/mol. The third-order valence-corrected chi connectivity index (χ3v) is 2.01. The molecule has 2 rings (SSSR count). The second kappa shape index (κ2) is 4.00. The number of nitrogens with one attached hydrogen (secondary N) is 2. The molecule has 0 aliphatic carbocycles. The summed E-state index contributed by atoms with van der Waals surface area (Å²) in [6, 6.07) is 4.25. The van der Waals surface area contributed by atoms with Crippen LogP contribution in [-0.4, -0.2) is 9.97 Å². The molecule has 0 aliphatic rings. The summed E-state index contributed by atoms with van der Waals surface area (Å²) in [6.45, 7) is 0.531. The highest BCUT2D eigenvalue weighted by molar-refractivity contribution is 5.65. The van der Waals surface area contributed by atoms with Crippen molar-refractivity contribution in [2.24, 2.45) is 0 Å². The van der Waals surface area contributed by atoms with Gasteiger partial charge in [0, 0.05) is 12.4 Å². The van der Waals surface area contributed by atoms with Crippen LogP contribution in [0.1, 0.15) is 5.82 Å². The number of nitrogen functional groups attached to an aromatic ring is 1. The Morgan fingerprint density at radius 2 is 2.33 bits per heavy atom. The Morgan fingerprint density at radius 1 is 1.47 bits per heavy atom. The van der Waals surface area contributed by atoms with Crippen LogP contribution in [0.25, 0.3) is 0 Å². The van der Waals surface area contributed by atoms with Gasteiger partial charge in [-0.1, -0.05) is 0 Å². The fraction of sp³-hybridized carbons (Fsp3) is 0.100. The van der Waals surface area contributed by atoms with Gasteiger partial charge in [0.15, 0.2) is 0 Å². The summed E-state index contributed by atoms with van der Waals surface area (Å²) in [4.78, 5) is 7.00. The van der Waals surface area contributed by atoms with E-state index in [1.165, 1.54) is 12.1 Å². The van der Waals surface area contributed by atoms with Crippen molar-refractivity contribution >= 4 is 11.4 Å². The lowest BCUT2D eigenvalue weighted by molar-refractivity contribution is 0.628. The van der Waals surface area contributed by atoms with E-state index in [1.807, 2.05) is 0 Å². The van der Waals surface area contributed by atoms with Gasteiger partial charge in [0.05, 0.1) is 17.9 Å². The van der Waals surface area contributed by atoms with Crippen LogP contribution in [0, 0.1) is 5.82 Å². The van der Waals surface area contributed by atoms with Crippen LogP contribution >= 0.6 is 0 Å². The highest BCUT2D eigenvalue weighted by Crippen LogP contribution is 2.19. The number of halogens is 1. The Labute approximate surface area is 86.3 Å². The van der Waals surface area contributed by atoms with Crippen LogP contribution in [0.15, 0.2) is 30.6 Å². The van der Waals surface area contributed by atoms with Gasteiger partial charge in [0.25, 0.3) is 0 Å². The molecular weight excluding hydrogens is 195 g/mol. The Morgan fingerprint density at radius 3 is 3.00 bits per heavy atom. The third kappa shape index (κ3) is 2.25. The molecule has 0 saturated carbocycles. The van der Waals surface area contributed by atoms with Gasteiger partial charge in [0.2, 0.25) is 0 Å². The maximum atomic E-state index is 12.7. The van der Waals surface area contributed by atoms with E-state index in [4.69, 9.17) is 5.73 Å². The van der Waals surface area contributed by atoms with Gasteiger partial charge >= 0.3 is 0 Å². The van der Waals surface area contributed by atoms with E-state index in [-0.39, 0.29) is 5.82 Å². The lowest BCUT2D eigenvalue weighted by atomic mass is 10.2. The van der Waals surface area contributed by atoms with E-state index < -0.39 is 0 Å². The molecule has 78 valence electrons. The monoisotopic (exact) mass is 206 g/mol. The lowest BCUT2D eigenvalue weighted by Gasteiger charge is -2.07. The molecule has 0 unspecified atom stereocenters. The number of hydrogen-bond acceptors (Lipinski definition) is 3. The summed E-state index contributed by atoms with van der Waals surface area (Å²) < 4.78 is 12.7. The van der Waals surface area contributed by atoms with Crippen molar-refractivity contribution in [3.63, 3.8) is 0 Å². The largest absolute Gasteiger partial charge is 0.397 e. The number of hydrogen-bond donors (Lipinski definition) is 3. The number of H-pyrrole nitrogens is 1. The first-order valence-electron chi connectivity index (χ1n) is 4.53. The average Bonchev–Trinajstić information content (AvgIpc) is 2.69. The maximum absolute atomic E-state index is 12.7. The second-order valence-electron chi connectivity index (χ2n) is 3.12. The van der Waals surface area contributed by atoms with E-state index in [0.29, 0.717) is 17.9 Å². The van der Waals surface area contributed by atoms with Crippen molar-refractivity contribution in [3.8, 4) is 0 Å². The summed E-state index contributed by atoms with van der Waals surface area (Å²) in [7, 11) is 0. The van der Waals surface area contributed by atoms with E-state index in [1.54, 1.807) is 18.5 Å². The lowest BCUT2D eigenvalue weighted by Crippen LogP contribution is -2.03. The topological polar surface area (TPSA) is 66.7 Å². The minimum absolute atomic E-state index is 0.337. The quantitative estimate of drug-likeness (QED) is 0.670. The molecule has 0 atom stereocenters. The zero-order chi connectivity index (χ0) is 10.7. The van der Waals surface area contributed by atoms with E-state index >= 15 is 0 Å². The molecule has 4 nitrogen and oxygen atoms in total. The number of rotatable bonds is 3. The Hall–Kier alpha value is -2.04. The number of anilines is 2. The Bertz CT molecular complexity index is 439. The van der Waals surface area contributed by atoms with Crippen molar-refractivity contribution in [2.75, 3.05) is 11.1 Å². The molecule has 0 radical (unpaired) electrons. The summed E-state index contributed by atoms with van der Waals surface area (Å²) in [5.74, 6) is 0.467. The molecule has 15 heavy (non-hydrogen) atoms. The molecule has 0 spiro atoms. The standard InChI is InChI=1S/C10H11FN4/c11-7-1-2-9(8(12)5-7)15-6-10-13-3-4-14-10/h1-5,15H,6,12H2,(H,13,14). The first-order valence-corrected chi connectivity index (χ1v) is 4.53. The molecule has 1 heterocycles. The first kappa shape index (κ1) is 9.51. The van der Waals surface area contributed by atoms with Crippen LogP contribution in [-0.2, 0) is 6.54 Å². The van der Waals surface area contributed by atoms with Gasteiger partial charge in [-0.15, -0.1) is 0 Å². The van der Waals surface area contributed by atoms with Crippen LogP contribution in [0.2, 0.25) is 0 Å². The molecule has 1 aromatic carbocycles. The summed E-state index contributed by atoms with van der Waals surface area (Å²) in [6.07, 6.45) is 3.41. The normalized spacial score (nSPS) is 10.2. The highest BCUT2D eigenvalue weighted by atomic mass is 19.1. The molecule has 0 aliphatic heterocycles. The van der Waals surface area contributed by atoms with Crippen LogP contribution in [0.3, 0.4) is 0 Å². The summed E-state index contributed by atoms with van der Waals surface area (Å²) >= 11 is 0. The van der Waals surface area contributed by atoms with Crippen molar-refractivity contribution in [3.05, 3.63) is 42.2 Å². The molecule has 0 saturated heterocycles. The number of aromatic nitrogens is 2. The molecular formula is C10H11FN4. The fourth-order valence-electron chi connectivity index (χ4n) is 1.27. The highest BCUT2D eigenvalue weighted by Gasteiger charge is 2.00. The van der Waals surface area contributed by atoms with Crippen LogP contribution in [0.4, 0.5) is 15.8 Å². The van der Waals surface area contributed by atoms with E-state index in [0.717, 1.165) is 5.82 Å². The second-order valence-corrected chi connectivity index (χ2v) is 3.12. The first-order chi connectivity index (χ1) is 7.25. The SMILES string of the molecule is Nc1cc(F)ccc1NCc1ncc[nH]1. The van der Waals surface area contributed by atoms with Crippen LogP contribution < -0.4 is 11.1 Å². The van der Waals surface area contributed by atoms with Gasteiger partial charge in [-0.3, -0.25) is 0 Å². The van der Waals surface area contributed by atoms with Gasteiger partial charge in [0.1, 0.15) is 11.6 Å². The van der Waals surface area contributed by atoms with Crippen molar-refractivity contribution in [1.82, 2.24) is 9.97 Å². The zero-order valence-corrected chi connectivity index (χ0v) is 8.00. The van der Waals surface area contributed by atoms with Gasteiger partial charge in [-0.25, -0.2) is 9.37 Å². The van der Waals surface area contributed by atoms with Crippen molar-refractivity contribution < 1.29 is 4.39 Å². The maximum Gasteiger partial charge on any atom is 0.125 e. The molecule has 5 heteroatoms. The van der Waals surface area contributed by atoms with Gasteiger partial charge < -0.3 is 16.0 Å². The number of nitrogens with zero attached hydrogens (tertiary/aromatic N) is 1. The molecule has 2 aromatic rings. The summed E-state index contributed by atoms with van der Waals surface area (Å²) in [5, 5.41) is 3.06. The Balaban J connectivity index is 2.05. The zero-order valence-electron chi connectivity index (χ0n) is 8.00. The average molecular weight is 206 g/mol. The predicted octanol–water partition coefficient (Wildman–Crippen LogP) is 1.74. The fourth-order valence-corrected chi connectivity index (χ4v) is 1.27. The molecule has 0 amide bonds. The van der Waals surface area contributed by atoms with E-state index in [2.05, 4.69) is 15.3 Å². The molecule has 4 N–H and O–H groups in total. The summed E-state index contributed by atoms with van der Waals surface area (Å²) in [5.41, 5.74) is 6.72. The smallest absolute Gasteiger partial charge is 0.125 e. The van der Waals surface area contributed by atoms with Crippen molar-refractivity contribution in [1.29, 1.82) is 0 Å². The van der Waals surface area contributed by atoms with Gasteiger partial charge in [-0.05, 0) is 18.2 Å². The minimum Gasteiger partial charge on any atom is -0.397 e. The number of aromatic amines is 1. The Kier molecular flexibility index (Phi) is 2.53. The number of imidazole rings is 1. The molecule has 0 fully saturated rings. The van der Waals surface area contributed by atoms with Gasteiger partial charge in [-0.2, -0.15) is 0 Å². The third-order valence-electron chi connectivity index (χ3n) is 2.01. The van der Waals surface area contributed by atoms with E-state index in [9.17, 15) is 4.39 Å².